The molecule has 3 nitrogen and oxygen atoms in total. The van der Waals surface area contributed by atoms with E-state index in [1.165, 1.54) is 0 Å². The van der Waals surface area contributed by atoms with E-state index in [9.17, 15) is 13.2 Å². The Morgan fingerprint density at radius 2 is 1.67 bits per heavy atom. The van der Waals surface area contributed by atoms with Crippen LogP contribution in [0.2, 0.25) is 0 Å². The van der Waals surface area contributed by atoms with E-state index < -0.39 is 9.84 Å². The van der Waals surface area contributed by atoms with Crippen LogP contribution in [0.1, 0.15) is 26.7 Å². The first-order chi connectivity index (χ1) is 5.40. The molecule has 4 heteroatoms. The van der Waals surface area contributed by atoms with Crippen molar-refractivity contribution in [1.82, 2.24) is 0 Å². The third-order valence-electron chi connectivity index (χ3n) is 1.85. The molecule has 0 aliphatic carbocycles. The lowest BCUT2D eigenvalue weighted by atomic mass is 10.00. The normalized spacial score (nSPS) is 12.0. The van der Waals surface area contributed by atoms with Gasteiger partial charge in [-0.05, 0) is 12.8 Å². The van der Waals surface area contributed by atoms with E-state index in [2.05, 4.69) is 0 Å². The number of Topliss-reactive ketones (excluding diaryl/α,β-unsaturated/α-hetero) is 1. The highest BCUT2D eigenvalue weighted by Gasteiger charge is 2.18. The maximum Gasteiger partial charge on any atom is 0.154 e. The molecule has 0 saturated heterocycles. The summed E-state index contributed by atoms with van der Waals surface area (Å²) < 4.78 is 21.5. The summed E-state index contributed by atoms with van der Waals surface area (Å²) in [6, 6.07) is 0. The average molecular weight is 192 g/mol. The van der Waals surface area contributed by atoms with Gasteiger partial charge in [-0.3, -0.25) is 4.79 Å². The monoisotopic (exact) mass is 192 g/mol. The minimum Gasteiger partial charge on any atom is -0.298 e. The topological polar surface area (TPSA) is 51.2 Å². The van der Waals surface area contributed by atoms with E-state index in [1.807, 2.05) is 13.8 Å². The van der Waals surface area contributed by atoms with Crippen LogP contribution in [0.5, 0.6) is 0 Å². The van der Waals surface area contributed by atoms with Crippen molar-refractivity contribution in [2.45, 2.75) is 26.7 Å². The number of hydrogen-bond donors (Lipinski definition) is 0. The molecule has 0 saturated carbocycles. The van der Waals surface area contributed by atoms with E-state index >= 15 is 0 Å². The Bertz CT molecular complexity index is 237. The van der Waals surface area contributed by atoms with Crippen molar-refractivity contribution >= 4 is 15.6 Å². The number of carbonyl (C=O) groups is 1. The maximum absolute atomic E-state index is 11.2. The predicted molar refractivity (Wildman–Crippen MR) is 48.8 cm³/mol. The Balaban J connectivity index is 4.21. The molecule has 0 aromatic carbocycles. The van der Waals surface area contributed by atoms with Gasteiger partial charge in [-0.15, -0.1) is 0 Å². The molecule has 0 aromatic heterocycles. The lowest BCUT2D eigenvalue weighted by Gasteiger charge is -2.09. The van der Waals surface area contributed by atoms with Crippen LogP contribution in [-0.2, 0) is 14.6 Å². The predicted octanol–water partition coefficient (Wildman–Crippen LogP) is 1.04. The highest BCUT2D eigenvalue weighted by molar-refractivity contribution is 7.91. The molecule has 0 spiro atoms. The molecule has 12 heavy (non-hydrogen) atoms. The van der Waals surface area contributed by atoms with E-state index in [-0.39, 0.29) is 17.5 Å². The van der Waals surface area contributed by atoms with Crippen molar-refractivity contribution in [2.75, 3.05) is 12.0 Å². The zero-order chi connectivity index (χ0) is 9.78. The summed E-state index contributed by atoms with van der Waals surface area (Å²) in [6.45, 7) is 3.79. The molecule has 0 aliphatic rings. The first-order valence-electron chi connectivity index (χ1n) is 4.11. The molecule has 0 amide bonds. The van der Waals surface area contributed by atoms with Crippen LogP contribution in [0.15, 0.2) is 0 Å². The van der Waals surface area contributed by atoms with Gasteiger partial charge in [0.2, 0.25) is 0 Å². The van der Waals surface area contributed by atoms with Crippen LogP contribution in [0.4, 0.5) is 0 Å². The van der Waals surface area contributed by atoms with Crippen LogP contribution in [0.3, 0.4) is 0 Å². The summed E-state index contributed by atoms with van der Waals surface area (Å²) in [4.78, 5) is 11.2. The lowest BCUT2D eigenvalue weighted by Crippen LogP contribution is -2.22. The van der Waals surface area contributed by atoms with Crippen LogP contribution >= 0.6 is 0 Å². The average Bonchev–Trinajstić information content (AvgIpc) is 1.85. The van der Waals surface area contributed by atoms with Crippen molar-refractivity contribution in [3.05, 3.63) is 0 Å². The van der Waals surface area contributed by atoms with Crippen molar-refractivity contribution < 1.29 is 13.2 Å². The van der Waals surface area contributed by atoms with Crippen molar-refractivity contribution in [1.29, 1.82) is 0 Å². The molecule has 72 valence electrons. The molecular weight excluding hydrogens is 176 g/mol. The summed E-state index contributed by atoms with van der Waals surface area (Å²) in [7, 11) is -3.14. The molecule has 0 heterocycles. The van der Waals surface area contributed by atoms with E-state index in [1.54, 1.807) is 0 Å². The van der Waals surface area contributed by atoms with Crippen molar-refractivity contribution in [3.8, 4) is 0 Å². The number of rotatable bonds is 5. The fraction of sp³-hybridized carbons (Fsp3) is 0.875. The largest absolute Gasteiger partial charge is 0.298 e. The second-order valence-corrected chi connectivity index (χ2v) is 5.19. The van der Waals surface area contributed by atoms with Gasteiger partial charge in [-0.2, -0.15) is 0 Å². The van der Waals surface area contributed by atoms with Gasteiger partial charge < -0.3 is 0 Å². The number of sulfone groups is 1. The number of carbonyl (C=O) groups excluding carboxylic acids is 1. The molecule has 0 aromatic rings. The highest BCUT2D eigenvalue weighted by atomic mass is 32.2. The minimum atomic E-state index is -3.14. The van der Waals surface area contributed by atoms with Gasteiger partial charge >= 0.3 is 0 Å². The van der Waals surface area contributed by atoms with Crippen molar-refractivity contribution in [3.63, 3.8) is 0 Å². The summed E-state index contributed by atoms with van der Waals surface area (Å²) in [5.74, 6) is -0.540. The third-order valence-corrected chi connectivity index (χ3v) is 2.65. The zero-order valence-electron chi connectivity index (χ0n) is 7.83. The van der Waals surface area contributed by atoms with E-state index in [0.29, 0.717) is 0 Å². The molecule has 0 bridgehead atoms. The smallest absolute Gasteiger partial charge is 0.154 e. The Morgan fingerprint density at radius 3 is 1.92 bits per heavy atom. The molecule has 0 N–H and O–H groups in total. The van der Waals surface area contributed by atoms with Gasteiger partial charge in [-0.1, -0.05) is 13.8 Å². The fourth-order valence-electron chi connectivity index (χ4n) is 1.12. The van der Waals surface area contributed by atoms with Gasteiger partial charge in [0, 0.05) is 12.2 Å². The Morgan fingerprint density at radius 1 is 1.25 bits per heavy atom. The number of ketones is 1. The molecular formula is C8H16O3S. The van der Waals surface area contributed by atoms with Crippen molar-refractivity contribution in [2.24, 2.45) is 5.92 Å². The van der Waals surface area contributed by atoms with Crippen LogP contribution in [0, 0.1) is 5.92 Å². The first kappa shape index (κ1) is 11.6. The van der Waals surface area contributed by atoms with Crippen LogP contribution in [0.25, 0.3) is 0 Å². The molecule has 0 fully saturated rings. The van der Waals surface area contributed by atoms with Crippen LogP contribution in [-0.4, -0.2) is 26.2 Å². The standard InChI is InChI=1S/C8H16O3S/c1-4-7(5-2)8(9)6-12(3,10)11/h7H,4-6H2,1-3H3. The quantitative estimate of drug-likeness (QED) is 0.654. The second kappa shape index (κ2) is 4.60. The first-order valence-corrected chi connectivity index (χ1v) is 6.17. The van der Waals surface area contributed by atoms with Gasteiger partial charge in [0.15, 0.2) is 15.6 Å². The number of hydrogen-bond acceptors (Lipinski definition) is 3. The maximum atomic E-state index is 11.2. The highest BCUT2D eigenvalue weighted by Crippen LogP contribution is 2.09. The molecule has 0 aliphatic heterocycles. The summed E-state index contributed by atoms with van der Waals surface area (Å²) in [6.07, 6.45) is 2.54. The molecule has 0 unspecified atom stereocenters. The van der Waals surface area contributed by atoms with E-state index in [0.717, 1.165) is 19.1 Å². The summed E-state index contributed by atoms with van der Waals surface area (Å²) >= 11 is 0. The van der Waals surface area contributed by atoms with E-state index in [4.69, 9.17) is 0 Å². The Kier molecular flexibility index (Phi) is 4.45. The van der Waals surface area contributed by atoms with Gasteiger partial charge in [0.1, 0.15) is 5.75 Å². The molecule has 0 radical (unpaired) electrons. The van der Waals surface area contributed by atoms with Gasteiger partial charge in [0.05, 0.1) is 0 Å². The molecule has 0 rings (SSSR count). The third kappa shape index (κ3) is 4.49. The second-order valence-electron chi connectivity index (χ2n) is 3.05. The van der Waals surface area contributed by atoms with Gasteiger partial charge in [-0.25, -0.2) is 8.42 Å². The van der Waals surface area contributed by atoms with Crippen LogP contribution < -0.4 is 0 Å². The summed E-state index contributed by atoms with van der Waals surface area (Å²) in [5.41, 5.74) is 0. The zero-order valence-corrected chi connectivity index (χ0v) is 8.65. The van der Waals surface area contributed by atoms with Gasteiger partial charge in [0.25, 0.3) is 0 Å². The molecule has 0 atom stereocenters. The Hall–Kier alpha value is -0.380. The Labute approximate surface area is 74.1 Å². The lowest BCUT2D eigenvalue weighted by molar-refractivity contribution is -0.120. The minimum absolute atomic E-state index is 0.0836. The fourth-order valence-corrected chi connectivity index (χ4v) is 1.87. The SMILES string of the molecule is CCC(CC)C(=O)CS(C)(=O)=O. The summed E-state index contributed by atoms with van der Waals surface area (Å²) in [5, 5.41) is 0.